The number of halogens is 1. The van der Waals surface area contributed by atoms with E-state index in [1.807, 2.05) is 36.4 Å². The molecule has 2 aromatic heterocycles. The van der Waals surface area contributed by atoms with E-state index in [9.17, 15) is 4.39 Å². The Morgan fingerprint density at radius 1 is 0.452 bits per heavy atom. The first-order valence-electron chi connectivity index (χ1n) is 14.0. The van der Waals surface area contributed by atoms with Gasteiger partial charge in [0.05, 0.1) is 22.2 Å². The van der Waals surface area contributed by atoms with Gasteiger partial charge in [-0.1, -0.05) is 84.9 Å². The molecule has 0 aliphatic heterocycles. The number of aromatic nitrogens is 3. The Kier molecular flexibility index (Phi) is 5.64. The van der Waals surface area contributed by atoms with Crippen LogP contribution in [0.5, 0.6) is 0 Å². The van der Waals surface area contributed by atoms with E-state index in [0.717, 1.165) is 50.1 Å². The topological polar surface area (TPSA) is 30.7 Å². The van der Waals surface area contributed by atoms with Crippen molar-refractivity contribution in [2.24, 2.45) is 0 Å². The molecule has 0 unspecified atom stereocenters. The van der Waals surface area contributed by atoms with Crippen molar-refractivity contribution >= 4 is 32.7 Å². The van der Waals surface area contributed by atoms with E-state index in [1.54, 1.807) is 12.1 Å². The maximum absolute atomic E-state index is 13.9. The Balaban J connectivity index is 1.35. The molecule has 0 bridgehead atoms. The van der Waals surface area contributed by atoms with Crippen molar-refractivity contribution in [2.75, 3.05) is 0 Å². The van der Waals surface area contributed by atoms with Crippen LogP contribution in [0.15, 0.2) is 146 Å². The fourth-order valence-corrected chi connectivity index (χ4v) is 5.86. The van der Waals surface area contributed by atoms with Crippen LogP contribution in [-0.2, 0) is 0 Å². The molecule has 8 rings (SSSR count). The summed E-state index contributed by atoms with van der Waals surface area (Å²) in [5.74, 6) is 0.368. The van der Waals surface area contributed by atoms with Crippen molar-refractivity contribution in [1.82, 2.24) is 14.5 Å². The summed E-state index contributed by atoms with van der Waals surface area (Å²) in [6.45, 7) is 0. The fourth-order valence-electron chi connectivity index (χ4n) is 5.86. The molecule has 0 N–H and O–H groups in total. The minimum absolute atomic E-state index is 0.275. The zero-order valence-corrected chi connectivity index (χ0v) is 22.6. The lowest BCUT2D eigenvalue weighted by Gasteiger charge is -2.12. The zero-order chi connectivity index (χ0) is 28.0. The Morgan fingerprint density at radius 2 is 1.10 bits per heavy atom. The molecule has 0 aliphatic rings. The molecule has 198 valence electrons. The van der Waals surface area contributed by atoms with E-state index in [1.165, 1.54) is 28.4 Å². The van der Waals surface area contributed by atoms with E-state index in [4.69, 9.17) is 9.97 Å². The first kappa shape index (κ1) is 24.2. The molecule has 2 heterocycles. The van der Waals surface area contributed by atoms with Crippen LogP contribution in [0.2, 0.25) is 0 Å². The molecule has 3 nitrogen and oxygen atoms in total. The van der Waals surface area contributed by atoms with Crippen LogP contribution in [0, 0.1) is 5.82 Å². The smallest absolute Gasteiger partial charge is 0.160 e. The molecular formula is C38H24FN3. The second-order valence-electron chi connectivity index (χ2n) is 10.4. The van der Waals surface area contributed by atoms with Gasteiger partial charge in [0.2, 0.25) is 0 Å². The van der Waals surface area contributed by atoms with Crippen LogP contribution in [0.4, 0.5) is 4.39 Å². The molecule has 0 spiro atoms. The molecule has 0 radical (unpaired) electrons. The minimum atomic E-state index is -0.275. The van der Waals surface area contributed by atoms with Gasteiger partial charge in [0, 0.05) is 33.0 Å². The molecule has 0 saturated carbocycles. The van der Waals surface area contributed by atoms with Crippen molar-refractivity contribution in [1.29, 1.82) is 0 Å². The van der Waals surface area contributed by atoms with Gasteiger partial charge in [-0.2, -0.15) is 0 Å². The molecular weight excluding hydrogens is 517 g/mol. The van der Waals surface area contributed by atoms with Gasteiger partial charge < -0.3 is 4.57 Å². The van der Waals surface area contributed by atoms with Crippen molar-refractivity contribution in [2.45, 2.75) is 0 Å². The lowest BCUT2D eigenvalue weighted by atomic mass is 9.99. The minimum Gasteiger partial charge on any atom is -0.309 e. The van der Waals surface area contributed by atoms with Gasteiger partial charge >= 0.3 is 0 Å². The average Bonchev–Trinajstić information content (AvgIpc) is 3.39. The lowest BCUT2D eigenvalue weighted by molar-refractivity contribution is 0.628. The van der Waals surface area contributed by atoms with E-state index in [-0.39, 0.29) is 5.82 Å². The largest absolute Gasteiger partial charge is 0.309 e. The standard InChI is InChI=1S/C38H24FN3/c39-29-19-15-25(16-20-29)37-33-23-27(18-22-34(33)40-38(41-37)26-9-3-1-4-10-26)28-17-21-32-31-13-7-8-14-35(31)42(36(32)24-28)30-11-5-2-6-12-30/h1-24H. The van der Waals surface area contributed by atoms with Crippen molar-refractivity contribution in [3.63, 3.8) is 0 Å². The van der Waals surface area contributed by atoms with Crippen molar-refractivity contribution < 1.29 is 4.39 Å². The summed E-state index contributed by atoms with van der Waals surface area (Å²) in [5, 5.41) is 3.35. The number of rotatable bonds is 4. The summed E-state index contributed by atoms with van der Waals surface area (Å²) in [6, 6.07) is 48.5. The molecule has 8 aromatic rings. The Morgan fingerprint density at radius 3 is 1.90 bits per heavy atom. The van der Waals surface area contributed by atoms with Gasteiger partial charge in [0.25, 0.3) is 0 Å². The summed E-state index contributed by atoms with van der Waals surface area (Å²) in [4.78, 5) is 9.93. The average molecular weight is 542 g/mol. The number of hydrogen-bond donors (Lipinski definition) is 0. The van der Waals surface area contributed by atoms with Gasteiger partial charge in [0.15, 0.2) is 5.82 Å². The molecule has 0 atom stereocenters. The Hall–Kier alpha value is -5.61. The van der Waals surface area contributed by atoms with Gasteiger partial charge in [-0.25, -0.2) is 14.4 Å². The molecule has 0 amide bonds. The van der Waals surface area contributed by atoms with E-state index in [2.05, 4.69) is 89.5 Å². The Labute approximate surface area is 242 Å². The fraction of sp³-hybridized carbons (Fsp3) is 0. The predicted molar refractivity (Wildman–Crippen MR) is 170 cm³/mol. The zero-order valence-electron chi connectivity index (χ0n) is 22.6. The quantitative estimate of drug-likeness (QED) is 0.222. The normalized spacial score (nSPS) is 11.5. The maximum atomic E-state index is 13.9. The molecule has 6 aromatic carbocycles. The summed E-state index contributed by atoms with van der Waals surface area (Å²) < 4.78 is 16.2. The molecule has 4 heteroatoms. The lowest BCUT2D eigenvalue weighted by Crippen LogP contribution is -1.96. The third-order valence-corrected chi connectivity index (χ3v) is 7.87. The van der Waals surface area contributed by atoms with Crippen molar-refractivity contribution in [3.8, 4) is 39.5 Å². The van der Waals surface area contributed by atoms with Crippen LogP contribution < -0.4 is 0 Å². The number of benzene rings is 6. The number of fused-ring (bicyclic) bond motifs is 4. The predicted octanol–water partition coefficient (Wildman–Crippen LogP) is 9.87. The van der Waals surface area contributed by atoms with Crippen LogP contribution in [0.25, 0.3) is 72.2 Å². The summed E-state index contributed by atoms with van der Waals surface area (Å²) in [7, 11) is 0. The summed E-state index contributed by atoms with van der Waals surface area (Å²) >= 11 is 0. The number of nitrogens with zero attached hydrogens (tertiary/aromatic N) is 3. The molecule has 0 fully saturated rings. The highest BCUT2D eigenvalue weighted by molar-refractivity contribution is 6.10. The highest BCUT2D eigenvalue weighted by Crippen LogP contribution is 2.37. The van der Waals surface area contributed by atoms with Crippen molar-refractivity contribution in [3.05, 3.63) is 151 Å². The van der Waals surface area contributed by atoms with Crippen LogP contribution in [-0.4, -0.2) is 14.5 Å². The summed E-state index contributed by atoms with van der Waals surface area (Å²) in [5.41, 5.74) is 9.01. The second-order valence-corrected chi connectivity index (χ2v) is 10.4. The third kappa shape index (κ3) is 4.04. The highest BCUT2D eigenvalue weighted by atomic mass is 19.1. The summed E-state index contributed by atoms with van der Waals surface area (Å²) in [6.07, 6.45) is 0. The van der Waals surface area contributed by atoms with E-state index in [0.29, 0.717) is 5.82 Å². The first-order chi connectivity index (χ1) is 20.7. The SMILES string of the molecule is Fc1ccc(-c2nc(-c3ccccc3)nc3ccc(-c4ccc5c6ccccc6n(-c6ccccc6)c5c4)cc23)cc1. The van der Waals surface area contributed by atoms with Gasteiger partial charge in [-0.15, -0.1) is 0 Å². The Bertz CT molecular complexity index is 2240. The van der Waals surface area contributed by atoms with Gasteiger partial charge in [-0.3, -0.25) is 0 Å². The first-order valence-corrected chi connectivity index (χ1v) is 14.0. The van der Waals surface area contributed by atoms with Gasteiger partial charge in [0.1, 0.15) is 5.82 Å². The molecule has 42 heavy (non-hydrogen) atoms. The van der Waals surface area contributed by atoms with E-state index < -0.39 is 0 Å². The highest BCUT2D eigenvalue weighted by Gasteiger charge is 2.16. The molecule has 0 saturated heterocycles. The molecule has 0 aliphatic carbocycles. The van der Waals surface area contributed by atoms with Gasteiger partial charge in [-0.05, 0) is 71.8 Å². The van der Waals surface area contributed by atoms with E-state index >= 15 is 0 Å². The third-order valence-electron chi connectivity index (χ3n) is 7.87. The second kappa shape index (κ2) is 9.79. The number of para-hydroxylation sites is 2. The van der Waals surface area contributed by atoms with Crippen LogP contribution >= 0.6 is 0 Å². The van der Waals surface area contributed by atoms with Crippen LogP contribution in [0.1, 0.15) is 0 Å². The maximum Gasteiger partial charge on any atom is 0.160 e. The monoisotopic (exact) mass is 541 g/mol. The van der Waals surface area contributed by atoms with Crippen LogP contribution in [0.3, 0.4) is 0 Å². The number of hydrogen-bond acceptors (Lipinski definition) is 2.